The molecule has 1 fully saturated rings. The number of carbonyl (C=O) groups is 1. The Kier molecular flexibility index (Phi) is 9.16. The summed E-state index contributed by atoms with van der Waals surface area (Å²) in [6.45, 7) is 14.5. The first-order valence-electron chi connectivity index (χ1n) is 12.6. The molecule has 1 aliphatic carbocycles. The van der Waals surface area contributed by atoms with Crippen molar-refractivity contribution in [1.29, 1.82) is 0 Å². The number of unbranched alkanes of at least 4 members (excludes halogenated alkanes) is 2. The Morgan fingerprint density at radius 2 is 1.94 bits per heavy atom. The molecule has 2 aliphatic rings. The van der Waals surface area contributed by atoms with E-state index in [0.717, 1.165) is 81.4 Å². The number of phenolic OH excluding ortho intramolecular Hbond substituents is 1. The molecule has 1 heterocycles. The van der Waals surface area contributed by atoms with Crippen LogP contribution in [0.3, 0.4) is 0 Å². The lowest BCUT2D eigenvalue weighted by Crippen LogP contribution is -2.46. The molecule has 5 heteroatoms. The molecule has 0 saturated carbocycles. The summed E-state index contributed by atoms with van der Waals surface area (Å²) < 4.78 is 6.01. The van der Waals surface area contributed by atoms with Crippen molar-refractivity contribution in [2.45, 2.75) is 65.2 Å². The van der Waals surface area contributed by atoms with Gasteiger partial charge in [-0.1, -0.05) is 43.6 Å². The van der Waals surface area contributed by atoms with E-state index in [-0.39, 0.29) is 30.1 Å². The van der Waals surface area contributed by atoms with Gasteiger partial charge >= 0.3 is 5.97 Å². The Labute approximate surface area is 200 Å². The molecule has 3 rings (SSSR count). The smallest absolute Gasteiger partial charge is 0.325 e. The van der Waals surface area contributed by atoms with Crippen molar-refractivity contribution < 1.29 is 14.6 Å². The summed E-state index contributed by atoms with van der Waals surface area (Å²) in [6, 6.07) is 3.86. The quantitative estimate of drug-likeness (QED) is 0.238. The Bertz CT molecular complexity index is 868. The number of aromatic hydroxyl groups is 1. The van der Waals surface area contributed by atoms with Crippen LogP contribution in [-0.4, -0.2) is 60.6 Å². The lowest BCUT2D eigenvalue weighted by atomic mass is 9.73. The van der Waals surface area contributed by atoms with E-state index < -0.39 is 0 Å². The first-order valence-corrected chi connectivity index (χ1v) is 12.6. The van der Waals surface area contributed by atoms with Crippen molar-refractivity contribution in [3.8, 4) is 11.5 Å². The van der Waals surface area contributed by atoms with Crippen LogP contribution in [0.25, 0.3) is 0 Å². The Morgan fingerprint density at radius 1 is 1.21 bits per heavy atom. The number of hydrogen-bond donors (Lipinski definition) is 1. The van der Waals surface area contributed by atoms with Gasteiger partial charge in [-0.2, -0.15) is 0 Å². The number of aryl methyl sites for hydroxylation is 1. The van der Waals surface area contributed by atoms with Crippen LogP contribution >= 0.6 is 0 Å². The standard InChI is InChI=1S/C28H42N2O3/c1-6-7-8-9-22-17-25(31)28(24-16-21(4)10-11-23(24)20(2)3)26(18-22)33-27(32)19-30-14-12-29(5)13-15-30/h16-18,23-24,31H,2,6-15,19H2,1,3-5H3/t23-,24?/m1/s1. The zero-order valence-electron chi connectivity index (χ0n) is 21.0. The molecule has 1 aromatic carbocycles. The van der Waals surface area contributed by atoms with Gasteiger partial charge in [0.2, 0.25) is 0 Å². The Balaban J connectivity index is 1.90. The molecule has 1 unspecified atom stereocenters. The van der Waals surface area contributed by atoms with E-state index in [1.807, 2.05) is 12.1 Å². The van der Waals surface area contributed by atoms with Crippen LogP contribution in [0.5, 0.6) is 11.5 Å². The number of benzene rings is 1. The average Bonchev–Trinajstić information content (AvgIpc) is 2.75. The topological polar surface area (TPSA) is 53.0 Å². The van der Waals surface area contributed by atoms with Crippen molar-refractivity contribution in [3.05, 3.63) is 47.1 Å². The number of rotatable bonds is 9. The van der Waals surface area contributed by atoms with E-state index in [4.69, 9.17) is 4.74 Å². The number of phenols is 1. The molecule has 33 heavy (non-hydrogen) atoms. The third-order valence-corrected chi connectivity index (χ3v) is 7.13. The summed E-state index contributed by atoms with van der Waals surface area (Å²) in [5, 5.41) is 11.2. The monoisotopic (exact) mass is 454 g/mol. The largest absolute Gasteiger partial charge is 0.507 e. The van der Waals surface area contributed by atoms with Gasteiger partial charge in [0, 0.05) is 37.7 Å². The van der Waals surface area contributed by atoms with E-state index in [1.165, 1.54) is 5.57 Å². The first kappa shape index (κ1) is 25.5. The first-order chi connectivity index (χ1) is 15.8. The third kappa shape index (κ3) is 6.94. The Hall–Kier alpha value is -2.11. The molecule has 1 saturated heterocycles. The zero-order valence-corrected chi connectivity index (χ0v) is 21.0. The zero-order chi connectivity index (χ0) is 24.0. The predicted octanol–water partition coefficient (Wildman–Crippen LogP) is 5.29. The van der Waals surface area contributed by atoms with Crippen LogP contribution in [-0.2, 0) is 11.2 Å². The normalized spacial score (nSPS) is 22.1. The van der Waals surface area contributed by atoms with E-state index in [9.17, 15) is 9.90 Å². The highest BCUT2D eigenvalue weighted by Crippen LogP contribution is 2.47. The minimum atomic E-state index is -0.255. The second-order valence-corrected chi connectivity index (χ2v) is 10.1. The molecule has 1 N–H and O–H groups in total. The van der Waals surface area contributed by atoms with Gasteiger partial charge in [0.05, 0.1) is 6.54 Å². The molecular weight excluding hydrogens is 412 g/mol. The average molecular weight is 455 g/mol. The number of hydrogen-bond acceptors (Lipinski definition) is 5. The fourth-order valence-corrected chi connectivity index (χ4v) is 5.06. The van der Waals surface area contributed by atoms with E-state index in [2.05, 4.69) is 50.3 Å². The third-order valence-electron chi connectivity index (χ3n) is 7.13. The van der Waals surface area contributed by atoms with Gasteiger partial charge in [-0.05, 0) is 70.2 Å². The molecule has 0 bridgehead atoms. The van der Waals surface area contributed by atoms with E-state index in [1.54, 1.807) is 0 Å². The van der Waals surface area contributed by atoms with Crippen molar-refractivity contribution in [2.24, 2.45) is 5.92 Å². The van der Waals surface area contributed by atoms with Gasteiger partial charge in [-0.3, -0.25) is 9.69 Å². The molecule has 1 aliphatic heterocycles. The molecule has 2 atom stereocenters. The fraction of sp³-hybridized carbons (Fsp3) is 0.607. The minimum Gasteiger partial charge on any atom is -0.507 e. The minimum absolute atomic E-state index is 0.0348. The second kappa shape index (κ2) is 11.8. The summed E-state index contributed by atoms with van der Waals surface area (Å²) in [6.07, 6.45) is 8.46. The summed E-state index contributed by atoms with van der Waals surface area (Å²) in [5.41, 5.74) is 4.16. The molecule has 5 nitrogen and oxygen atoms in total. The molecule has 182 valence electrons. The number of ether oxygens (including phenoxy) is 1. The molecule has 0 amide bonds. The highest BCUT2D eigenvalue weighted by Gasteiger charge is 2.31. The maximum atomic E-state index is 13.0. The van der Waals surface area contributed by atoms with Crippen molar-refractivity contribution in [2.75, 3.05) is 39.8 Å². The molecule has 0 aromatic heterocycles. The number of carbonyl (C=O) groups excluding carboxylic acids is 1. The molecule has 0 radical (unpaired) electrons. The van der Waals surface area contributed by atoms with Gasteiger partial charge in [-0.15, -0.1) is 0 Å². The van der Waals surface area contributed by atoms with Crippen LogP contribution in [0.4, 0.5) is 0 Å². The summed E-state index contributed by atoms with van der Waals surface area (Å²) in [4.78, 5) is 17.4. The van der Waals surface area contributed by atoms with Gasteiger partial charge in [0.15, 0.2) is 0 Å². The van der Waals surface area contributed by atoms with E-state index in [0.29, 0.717) is 5.75 Å². The molecular formula is C28H42N2O3. The van der Waals surface area contributed by atoms with Crippen molar-refractivity contribution in [1.82, 2.24) is 9.80 Å². The second-order valence-electron chi connectivity index (χ2n) is 10.1. The maximum absolute atomic E-state index is 13.0. The highest BCUT2D eigenvalue weighted by atomic mass is 16.5. The predicted molar refractivity (Wildman–Crippen MR) is 135 cm³/mol. The van der Waals surface area contributed by atoms with Crippen LogP contribution in [0.15, 0.2) is 35.9 Å². The number of piperazine rings is 1. The SMILES string of the molecule is C=C(C)[C@H]1CCC(C)=CC1c1c(O)cc(CCCCC)cc1OC(=O)CN1CCN(C)CC1. The highest BCUT2D eigenvalue weighted by molar-refractivity contribution is 5.75. The lowest BCUT2D eigenvalue weighted by Gasteiger charge is -2.33. The van der Waals surface area contributed by atoms with Gasteiger partial charge in [-0.25, -0.2) is 0 Å². The van der Waals surface area contributed by atoms with Gasteiger partial charge in [0.25, 0.3) is 0 Å². The summed E-state index contributed by atoms with van der Waals surface area (Å²) in [7, 11) is 2.10. The number of nitrogens with zero attached hydrogens (tertiary/aromatic N) is 2. The number of allylic oxidation sites excluding steroid dienone is 3. The summed E-state index contributed by atoms with van der Waals surface area (Å²) in [5.74, 6) is 0.679. The van der Waals surface area contributed by atoms with Gasteiger partial charge < -0.3 is 14.7 Å². The fourth-order valence-electron chi connectivity index (χ4n) is 5.06. The Morgan fingerprint density at radius 3 is 2.61 bits per heavy atom. The summed E-state index contributed by atoms with van der Waals surface area (Å²) >= 11 is 0. The maximum Gasteiger partial charge on any atom is 0.325 e. The van der Waals surface area contributed by atoms with Gasteiger partial charge in [0.1, 0.15) is 11.5 Å². The van der Waals surface area contributed by atoms with E-state index >= 15 is 0 Å². The van der Waals surface area contributed by atoms with Crippen LogP contribution in [0, 0.1) is 5.92 Å². The lowest BCUT2D eigenvalue weighted by molar-refractivity contribution is -0.136. The van der Waals surface area contributed by atoms with Crippen LogP contribution in [0.1, 0.15) is 69.9 Å². The number of likely N-dealkylation sites (N-methyl/N-ethyl adjacent to an activating group) is 1. The molecule has 1 aromatic rings. The van der Waals surface area contributed by atoms with Crippen LogP contribution < -0.4 is 4.74 Å². The van der Waals surface area contributed by atoms with Crippen molar-refractivity contribution >= 4 is 5.97 Å². The van der Waals surface area contributed by atoms with Crippen molar-refractivity contribution in [3.63, 3.8) is 0 Å². The molecule has 0 spiro atoms. The number of esters is 1. The van der Waals surface area contributed by atoms with Crippen LogP contribution in [0.2, 0.25) is 0 Å².